The van der Waals surface area contributed by atoms with E-state index in [-0.39, 0.29) is 5.75 Å². The van der Waals surface area contributed by atoms with E-state index in [0.717, 1.165) is 16.7 Å². The van der Waals surface area contributed by atoms with Crippen molar-refractivity contribution in [3.05, 3.63) is 34.9 Å². The van der Waals surface area contributed by atoms with Gasteiger partial charge in [-0.05, 0) is 37.0 Å². The maximum atomic E-state index is 10.8. The molecule has 0 bridgehead atoms. The lowest BCUT2D eigenvalue weighted by Crippen LogP contribution is -2.18. The Hall–Kier alpha value is -0.870. The molecule has 1 rings (SSSR count). The Balaban J connectivity index is 2.87. The highest BCUT2D eigenvalue weighted by molar-refractivity contribution is 7.89. The van der Waals surface area contributed by atoms with Crippen LogP contribution in [0.1, 0.15) is 16.7 Å². The third-order valence-corrected chi connectivity index (χ3v) is 3.05. The first kappa shape index (κ1) is 11.2. The number of aryl methyl sites for hydroxylation is 2. The number of nitrogens with two attached hydrogens (primary N) is 1. The van der Waals surface area contributed by atoms with Crippen molar-refractivity contribution in [2.45, 2.75) is 20.3 Å². The lowest BCUT2D eigenvalue weighted by atomic mass is 10.0. The summed E-state index contributed by atoms with van der Waals surface area (Å²) in [7, 11) is -3.36. The van der Waals surface area contributed by atoms with Crippen molar-refractivity contribution in [1.29, 1.82) is 0 Å². The number of hydrogen-bond acceptors (Lipinski definition) is 2. The molecule has 0 spiro atoms. The summed E-state index contributed by atoms with van der Waals surface area (Å²) in [6.45, 7) is 3.96. The molecule has 3 nitrogen and oxygen atoms in total. The lowest BCUT2D eigenvalue weighted by molar-refractivity contribution is 0.597. The van der Waals surface area contributed by atoms with Crippen molar-refractivity contribution in [3.63, 3.8) is 0 Å². The Bertz CT molecular complexity index is 403. The van der Waals surface area contributed by atoms with Crippen LogP contribution in [0.3, 0.4) is 0 Å². The first-order valence-corrected chi connectivity index (χ1v) is 6.17. The minimum absolute atomic E-state index is 0.0126. The van der Waals surface area contributed by atoms with Gasteiger partial charge in [0.25, 0.3) is 0 Å². The van der Waals surface area contributed by atoms with E-state index in [0.29, 0.717) is 6.42 Å². The number of benzene rings is 1. The van der Waals surface area contributed by atoms with Gasteiger partial charge in [0.05, 0.1) is 5.75 Å². The molecule has 0 heterocycles. The van der Waals surface area contributed by atoms with Crippen molar-refractivity contribution in [1.82, 2.24) is 0 Å². The lowest BCUT2D eigenvalue weighted by Gasteiger charge is -2.08. The quantitative estimate of drug-likeness (QED) is 0.818. The SMILES string of the molecule is Cc1cccc(C)c1CCS(N)(=O)=O. The molecule has 0 unspecified atom stereocenters. The van der Waals surface area contributed by atoms with Gasteiger partial charge >= 0.3 is 0 Å². The van der Waals surface area contributed by atoms with E-state index >= 15 is 0 Å². The van der Waals surface area contributed by atoms with Crippen LogP contribution in [-0.2, 0) is 16.4 Å². The largest absolute Gasteiger partial charge is 0.229 e. The zero-order valence-electron chi connectivity index (χ0n) is 8.45. The van der Waals surface area contributed by atoms with E-state index in [2.05, 4.69) is 0 Å². The molecule has 0 saturated heterocycles. The Kier molecular flexibility index (Phi) is 3.29. The van der Waals surface area contributed by atoms with Gasteiger partial charge in [0, 0.05) is 0 Å². The first-order valence-electron chi connectivity index (χ1n) is 4.46. The van der Waals surface area contributed by atoms with Crippen molar-refractivity contribution in [2.75, 3.05) is 5.75 Å². The molecular weight excluding hydrogens is 198 g/mol. The van der Waals surface area contributed by atoms with E-state index in [9.17, 15) is 8.42 Å². The Morgan fingerprint density at radius 1 is 1.21 bits per heavy atom. The number of hydrogen-bond donors (Lipinski definition) is 1. The van der Waals surface area contributed by atoms with E-state index in [1.165, 1.54) is 0 Å². The highest BCUT2D eigenvalue weighted by Crippen LogP contribution is 2.13. The van der Waals surface area contributed by atoms with Crippen molar-refractivity contribution in [2.24, 2.45) is 5.14 Å². The summed E-state index contributed by atoms with van der Waals surface area (Å²) in [5.41, 5.74) is 3.32. The molecule has 0 saturated carbocycles. The Morgan fingerprint density at radius 2 is 1.71 bits per heavy atom. The number of primary sulfonamides is 1. The average Bonchev–Trinajstić information content (AvgIpc) is 2.01. The fourth-order valence-corrected chi connectivity index (χ4v) is 1.98. The van der Waals surface area contributed by atoms with Crippen LogP contribution in [0.25, 0.3) is 0 Å². The summed E-state index contributed by atoms with van der Waals surface area (Å²) in [5, 5.41) is 4.96. The third kappa shape index (κ3) is 3.12. The summed E-state index contributed by atoms with van der Waals surface area (Å²) in [5.74, 6) is 0.0126. The Labute approximate surface area is 85.0 Å². The maximum absolute atomic E-state index is 10.8. The molecule has 4 heteroatoms. The van der Waals surface area contributed by atoms with Gasteiger partial charge in [-0.15, -0.1) is 0 Å². The topological polar surface area (TPSA) is 60.2 Å². The highest BCUT2D eigenvalue weighted by Gasteiger charge is 2.07. The smallest absolute Gasteiger partial charge is 0.209 e. The van der Waals surface area contributed by atoms with Crippen molar-refractivity contribution < 1.29 is 8.42 Å². The standard InChI is InChI=1S/C10H15NO2S/c1-8-4-3-5-9(2)10(8)6-7-14(11,12)13/h3-5H,6-7H2,1-2H3,(H2,11,12,13). The van der Waals surface area contributed by atoms with Gasteiger partial charge in [-0.2, -0.15) is 0 Å². The van der Waals surface area contributed by atoms with Crippen LogP contribution in [0.2, 0.25) is 0 Å². The van der Waals surface area contributed by atoms with Crippen LogP contribution in [-0.4, -0.2) is 14.2 Å². The van der Waals surface area contributed by atoms with Crippen molar-refractivity contribution in [3.8, 4) is 0 Å². The molecule has 0 aliphatic carbocycles. The second kappa shape index (κ2) is 4.11. The summed E-state index contributed by atoms with van der Waals surface area (Å²) in [4.78, 5) is 0. The van der Waals surface area contributed by atoms with Gasteiger partial charge in [-0.25, -0.2) is 13.6 Å². The average molecular weight is 213 g/mol. The predicted octanol–water partition coefficient (Wildman–Crippen LogP) is 1.13. The van der Waals surface area contributed by atoms with Gasteiger partial charge < -0.3 is 0 Å². The predicted molar refractivity (Wildman–Crippen MR) is 57.6 cm³/mol. The van der Waals surface area contributed by atoms with E-state index in [1.807, 2.05) is 32.0 Å². The second-order valence-electron chi connectivity index (χ2n) is 3.49. The van der Waals surface area contributed by atoms with E-state index < -0.39 is 10.0 Å². The van der Waals surface area contributed by atoms with Gasteiger partial charge in [0.2, 0.25) is 10.0 Å². The van der Waals surface area contributed by atoms with E-state index in [4.69, 9.17) is 5.14 Å². The zero-order chi connectivity index (χ0) is 10.8. The minimum Gasteiger partial charge on any atom is -0.229 e. The van der Waals surface area contributed by atoms with Gasteiger partial charge in [-0.1, -0.05) is 18.2 Å². The molecule has 0 amide bonds. The fraction of sp³-hybridized carbons (Fsp3) is 0.400. The molecule has 78 valence electrons. The summed E-state index contributed by atoms with van der Waals surface area (Å²) in [6.07, 6.45) is 0.497. The van der Waals surface area contributed by atoms with Gasteiger partial charge in [0.1, 0.15) is 0 Å². The monoisotopic (exact) mass is 213 g/mol. The van der Waals surface area contributed by atoms with Crippen molar-refractivity contribution >= 4 is 10.0 Å². The van der Waals surface area contributed by atoms with Crippen LogP contribution in [0.4, 0.5) is 0 Å². The molecule has 1 aromatic rings. The normalized spacial score (nSPS) is 11.6. The highest BCUT2D eigenvalue weighted by atomic mass is 32.2. The third-order valence-electron chi connectivity index (χ3n) is 2.28. The zero-order valence-corrected chi connectivity index (χ0v) is 9.26. The maximum Gasteiger partial charge on any atom is 0.209 e. The number of rotatable bonds is 3. The molecule has 2 N–H and O–H groups in total. The number of sulfonamides is 1. The molecule has 0 fully saturated rings. The van der Waals surface area contributed by atoms with Crippen LogP contribution in [0.5, 0.6) is 0 Å². The van der Waals surface area contributed by atoms with Crippen LogP contribution in [0.15, 0.2) is 18.2 Å². The molecular formula is C10H15NO2S. The van der Waals surface area contributed by atoms with Crippen LogP contribution >= 0.6 is 0 Å². The molecule has 0 radical (unpaired) electrons. The first-order chi connectivity index (χ1) is 6.40. The minimum atomic E-state index is -3.36. The summed E-state index contributed by atoms with van der Waals surface area (Å²) >= 11 is 0. The molecule has 0 aliphatic heterocycles. The molecule has 1 aromatic carbocycles. The van der Waals surface area contributed by atoms with E-state index in [1.54, 1.807) is 0 Å². The molecule has 0 aliphatic rings. The van der Waals surface area contributed by atoms with Crippen LogP contribution < -0.4 is 5.14 Å². The van der Waals surface area contributed by atoms with Gasteiger partial charge in [0.15, 0.2) is 0 Å². The van der Waals surface area contributed by atoms with Gasteiger partial charge in [-0.3, -0.25) is 0 Å². The fourth-order valence-electron chi connectivity index (χ4n) is 1.49. The Morgan fingerprint density at radius 3 is 2.14 bits per heavy atom. The molecule has 0 atom stereocenters. The summed E-state index contributed by atoms with van der Waals surface area (Å²) in [6, 6.07) is 5.92. The molecule has 14 heavy (non-hydrogen) atoms. The second-order valence-corrected chi connectivity index (χ2v) is 5.22. The summed E-state index contributed by atoms with van der Waals surface area (Å²) < 4.78 is 21.6. The van der Waals surface area contributed by atoms with Crippen LogP contribution in [0, 0.1) is 13.8 Å². The molecule has 0 aromatic heterocycles.